The Morgan fingerprint density at radius 2 is 2.22 bits per heavy atom. The molecule has 0 atom stereocenters. The fourth-order valence-corrected chi connectivity index (χ4v) is 2.20. The molecule has 1 amide bonds. The Hall–Kier alpha value is -2.07. The van der Waals surface area contributed by atoms with Crippen LogP contribution in [0.15, 0.2) is 18.2 Å². The summed E-state index contributed by atoms with van der Waals surface area (Å²) in [4.78, 5) is 21.6. The third-order valence-electron chi connectivity index (χ3n) is 2.52. The first-order valence-electron chi connectivity index (χ1n) is 6.62. The second-order valence-corrected chi connectivity index (χ2v) is 5.85. The minimum Gasteiger partial charge on any atom is -0.492 e. The monoisotopic (exact) mass is 359 g/mol. The predicted molar refractivity (Wildman–Crippen MR) is 93.4 cm³/mol. The number of hydrogen-bond acceptors (Lipinski definition) is 7. The molecule has 2 N–H and O–H groups in total. The van der Waals surface area contributed by atoms with E-state index in [0.29, 0.717) is 12.4 Å². The number of amides is 1. The molecule has 0 heterocycles. The number of ether oxygens (including phenoxy) is 2. The Labute approximate surface area is 143 Å². The maximum Gasteiger partial charge on any atom is 0.413 e. The summed E-state index contributed by atoms with van der Waals surface area (Å²) < 4.78 is 9.85. The van der Waals surface area contributed by atoms with Crippen LogP contribution in [-0.2, 0) is 4.74 Å². The third kappa shape index (κ3) is 6.70. The molecule has 10 heteroatoms. The summed E-state index contributed by atoms with van der Waals surface area (Å²) in [6.07, 6.45) is -0.765. The molecule has 1 rings (SSSR count). The summed E-state index contributed by atoms with van der Waals surface area (Å²) in [5.41, 5.74) is -0.0636. The molecule has 23 heavy (non-hydrogen) atoms. The van der Waals surface area contributed by atoms with Crippen LogP contribution in [0.25, 0.3) is 0 Å². The van der Waals surface area contributed by atoms with Gasteiger partial charge in [0.2, 0.25) is 0 Å². The Morgan fingerprint density at radius 3 is 2.83 bits per heavy atom. The zero-order chi connectivity index (χ0) is 17.2. The molecule has 1 aromatic rings. The number of carbonyl (C=O) groups is 1. The largest absolute Gasteiger partial charge is 0.492 e. The molecule has 0 saturated heterocycles. The van der Waals surface area contributed by atoms with Gasteiger partial charge < -0.3 is 14.8 Å². The van der Waals surface area contributed by atoms with E-state index >= 15 is 0 Å². The van der Waals surface area contributed by atoms with Crippen molar-refractivity contribution < 1.29 is 19.2 Å². The van der Waals surface area contributed by atoms with Gasteiger partial charge in [0, 0.05) is 5.75 Å². The van der Waals surface area contributed by atoms with Gasteiger partial charge in [-0.05, 0) is 30.1 Å². The van der Waals surface area contributed by atoms with Gasteiger partial charge >= 0.3 is 6.09 Å². The van der Waals surface area contributed by atoms with E-state index in [0.717, 1.165) is 11.5 Å². The quantitative estimate of drug-likeness (QED) is 0.332. The fourth-order valence-electron chi connectivity index (χ4n) is 1.52. The highest BCUT2D eigenvalue weighted by atomic mass is 32.2. The van der Waals surface area contributed by atoms with Crippen molar-refractivity contribution >= 4 is 46.6 Å². The molecule has 0 saturated carbocycles. The molecule has 0 unspecified atom stereocenters. The third-order valence-corrected chi connectivity index (χ3v) is 3.58. The summed E-state index contributed by atoms with van der Waals surface area (Å²) in [6.45, 7) is 2.51. The van der Waals surface area contributed by atoms with Crippen LogP contribution in [0.4, 0.5) is 16.2 Å². The number of nitrogens with zero attached hydrogens (tertiary/aromatic N) is 1. The number of nitrogens with one attached hydrogen (secondary N) is 2. The number of thiocarbonyl (C=S) groups is 1. The average Bonchev–Trinajstić information content (AvgIpc) is 2.52. The van der Waals surface area contributed by atoms with Crippen molar-refractivity contribution in [1.29, 1.82) is 0 Å². The molecule has 0 radical (unpaired) electrons. The number of benzene rings is 1. The lowest BCUT2D eigenvalue weighted by Gasteiger charge is -2.11. The summed E-state index contributed by atoms with van der Waals surface area (Å²) >= 11 is 6.59. The number of carbonyl (C=O) groups excluding carboxylic acids is 1. The maximum absolute atomic E-state index is 11.2. The summed E-state index contributed by atoms with van der Waals surface area (Å²) in [5.74, 6) is 2.18. The second-order valence-electron chi connectivity index (χ2n) is 4.05. The highest BCUT2D eigenvalue weighted by Gasteiger charge is 2.17. The SMILES string of the molecule is CCSCCOc1ccc(NC(=S)NC(=O)OC)c([N+](=O)[O-])c1. The van der Waals surface area contributed by atoms with Crippen molar-refractivity contribution in [2.45, 2.75) is 6.92 Å². The lowest BCUT2D eigenvalue weighted by atomic mass is 10.2. The zero-order valence-electron chi connectivity index (χ0n) is 12.7. The number of alkyl carbamates (subject to hydrolysis) is 1. The maximum atomic E-state index is 11.2. The Kier molecular flexibility index (Phi) is 8.13. The van der Waals surface area contributed by atoms with Crippen LogP contribution in [-0.4, -0.2) is 41.4 Å². The van der Waals surface area contributed by atoms with E-state index in [2.05, 4.69) is 15.4 Å². The van der Waals surface area contributed by atoms with Crippen LogP contribution in [0, 0.1) is 10.1 Å². The van der Waals surface area contributed by atoms with E-state index in [1.165, 1.54) is 19.2 Å². The van der Waals surface area contributed by atoms with Gasteiger partial charge in [-0.15, -0.1) is 0 Å². The number of anilines is 1. The standard InChI is InChI=1S/C13H17N3O5S2/c1-3-23-7-6-21-9-4-5-10(11(8-9)16(18)19)14-12(22)15-13(17)20-2/h4-5,8H,3,6-7H2,1-2H3,(H2,14,15,17,22). The van der Waals surface area contributed by atoms with Crippen molar-refractivity contribution in [3.8, 4) is 5.75 Å². The minimum absolute atomic E-state index is 0.104. The summed E-state index contributed by atoms with van der Waals surface area (Å²) in [5, 5.41) is 15.8. The molecule has 0 aliphatic carbocycles. The molecule has 8 nitrogen and oxygen atoms in total. The molecule has 0 aromatic heterocycles. The van der Waals surface area contributed by atoms with Crippen LogP contribution in [0.1, 0.15) is 6.92 Å². The van der Waals surface area contributed by atoms with E-state index in [9.17, 15) is 14.9 Å². The molecular formula is C13H17N3O5S2. The molecule has 1 aromatic carbocycles. The number of nitro groups is 1. The van der Waals surface area contributed by atoms with Gasteiger partial charge in [-0.3, -0.25) is 15.4 Å². The lowest BCUT2D eigenvalue weighted by Crippen LogP contribution is -2.34. The Bertz CT molecular complexity index is 583. The Balaban J connectivity index is 2.77. The number of thioether (sulfide) groups is 1. The molecule has 126 valence electrons. The van der Waals surface area contributed by atoms with Gasteiger partial charge in [0.05, 0.1) is 24.7 Å². The van der Waals surface area contributed by atoms with Crippen molar-refractivity contribution in [3.63, 3.8) is 0 Å². The fraction of sp³-hybridized carbons (Fsp3) is 0.385. The van der Waals surface area contributed by atoms with Crippen LogP contribution < -0.4 is 15.4 Å². The van der Waals surface area contributed by atoms with Crippen molar-refractivity contribution in [2.24, 2.45) is 0 Å². The van der Waals surface area contributed by atoms with E-state index < -0.39 is 11.0 Å². The first kappa shape index (κ1) is 19.0. The van der Waals surface area contributed by atoms with E-state index in [4.69, 9.17) is 17.0 Å². The summed E-state index contributed by atoms with van der Waals surface area (Å²) in [6, 6.07) is 4.36. The van der Waals surface area contributed by atoms with Crippen molar-refractivity contribution in [2.75, 3.05) is 30.5 Å². The van der Waals surface area contributed by atoms with E-state index in [1.54, 1.807) is 17.8 Å². The van der Waals surface area contributed by atoms with Crippen LogP contribution in [0.2, 0.25) is 0 Å². The van der Waals surface area contributed by atoms with Crippen molar-refractivity contribution in [1.82, 2.24) is 5.32 Å². The van der Waals surface area contributed by atoms with Gasteiger partial charge in [-0.2, -0.15) is 11.8 Å². The van der Waals surface area contributed by atoms with E-state index in [1.807, 2.05) is 6.92 Å². The minimum atomic E-state index is -0.765. The van der Waals surface area contributed by atoms with Gasteiger partial charge in [0.1, 0.15) is 11.4 Å². The number of rotatable bonds is 7. The van der Waals surface area contributed by atoms with Gasteiger partial charge in [-0.1, -0.05) is 6.92 Å². The number of nitro benzene ring substituents is 1. The predicted octanol–water partition coefficient (Wildman–Crippen LogP) is 2.78. The van der Waals surface area contributed by atoms with Gasteiger partial charge in [0.15, 0.2) is 5.11 Å². The smallest absolute Gasteiger partial charge is 0.413 e. The molecule has 0 fully saturated rings. The zero-order valence-corrected chi connectivity index (χ0v) is 14.3. The number of methoxy groups -OCH3 is 1. The van der Waals surface area contributed by atoms with Crippen LogP contribution in [0.5, 0.6) is 5.75 Å². The first-order valence-corrected chi connectivity index (χ1v) is 8.19. The highest BCUT2D eigenvalue weighted by molar-refractivity contribution is 7.99. The second kappa shape index (κ2) is 9.85. The molecule has 0 bridgehead atoms. The molecular weight excluding hydrogens is 342 g/mol. The molecule has 0 aliphatic heterocycles. The number of hydrogen-bond donors (Lipinski definition) is 2. The van der Waals surface area contributed by atoms with Gasteiger partial charge in [-0.25, -0.2) is 4.79 Å². The van der Waals surface area contributed by atoms with Crippen molar-refractivity contribution in [3.05, 3.63) is 28.3 Å². The summed E-state index contributed by atoms with van der Waals surface area (Å²) in [7, 11) is 1.18. The Morgan fingerprint density at radius 1 is 1.48 bits per heavy atom. The highest BCUT2D eigenvalue weighted by Crippen LogP contribution is 2.29. The van der Waals surface area contributed by atoms with Crippen LogP contribution in [0.3, 0.4) is 0 Å². The van der Waals surface area contributed by atoms with Gasteiger partial charge in [0.25, 0.3) is 5.69 Å². The normalized spacial score (nSPS) is 9.83. The molecule has 0 aliphatic rings. The average molecular weight is 359 g/mol. The van der Waals surface area contributed by atoms with Crippen LogP contribution >= 0.6 is 24.0 Å². The lowest BCUT2D eigenvalue weighted by molar-refractivity contribution is -0.384. The van der Waals surface area contributed by atoms with E-state index in [-0.39, 0.29) is 16.5 Å². The molecule has 0 spiro atoms. The first-order chi connectivity index (χ1) is 11.0. The topological polar surface area (TPSA) is 103 Å².